The molecule has 0 amide bonds. The van der Waals surface area contributed by atoms with E-state index in [0.717, 1.165) is 0 Å². The van der Waals surface area contributed by atoms with Gasteiger partial charge < -0.3 is 27.2 Å². The first kappa shape index (κ1) is 13.5. The maximum Gasteiger partial charge on any atom is 1.00 e. The van der Waals surface area contributed by atoms with Crippen molar-refractivity contribution in [3.05, 3.63) is 24.3 Å². The quantitative estimate of drug-likeness (QED) is 0.438. The molecule has 0 atom stereocenters. The van der Waals surface area contributed by atoms with Gasteiger partial charge in [-0.05, 0) is 12.1 Å². The van der Waals surface area contributed by atoms with Crippen LogP contribution in [0, 0.1) is 0 Å². The van der Waals surface area contributed by atoms with Gasteiger partial charge in [-0.15, -0.1) is 0 Å². The zero-order chi connectivity index (χ0) is 5.98. The van der Waals surface area contributed by atoms with E-state index in [9.17, 15) is 0 Å². The van der Waals surface area contributed by atoms with Crippen LogP contribution in [0.1, 0.15) is 0 Å². The normalized spacial score (nSPS) is 7.20. The van der Waals surface area contributed by atoms with E-state index >= 15 is 0 Å². The molecule has 0 aliphatic carbocycles. The van der Waals surface area contributed by atoms with E-state index in [1.165, 1.54) is 18.2 Å². The Morgan fingerprint density at radius 3 is 1.60 bits per heavy atom. The Bertz CT molecular complexity index is 176. The van der Waals surface area contributed by atoms with Crippen LogP contribution in [-0.2, 0) is 0 Å². The number of phenolic OH excluding ortho intramolecular Hbond substituents is 2. The molecule has 0 aromatic heterocycles. The van der Waals surface area contributed by atoms with Gasteiger partial charge >= 0.3 is 51.4 Å². The van der Waals surface area contributed by atoms with Crippen molar-refractivity contribution in [3.8, 4) is 11.5 Å². The van der Waals surface area contributed by atoms with Crippen LogP contribution in [0.2, 0.25) is 0 Å². The van der Waals surface area contributed by atoms with E-state index in [2.05, 4.69) is 0 Å². The van der Waals surface area contributed by atoms with Gasteiger partial charge in [0.25, 0.3) is 0 Å². The van der Waals surface area contributed by atoms with Crippen molar-refractivity contribution in [1.82, 2.24) is 0 Å². The second kappa shape index (κ2) is 6.63. The van der Waals surface area contributed by atoms with Crippen LogP contribution in [-0.4, -0.2) is 10.2 Å². The van der Waals surface area contributed by atoms with Gasteiger partial charge in [0, 0.05) is 6.07 Å². The second-order valence-electron chi connectivity index (χ2n) is 1.52. The van der Waals surface area contributed by atoms with Gasteiger partial charge in [0.05, 0.1) is 0 Å². The maximum atomic E-state index is 8.65. The Balaban J connectivity index is 0. The van der Waals surface area contributed by atoms with Gasteiger partial charge in [-0.1, -0.05) is 6.07 Å². The summed E-state index contributed by atoms with van der Waals surface area (Å²) in [5, 5.41) is 17.3. The molecule has 0 aliphatic rings. The number of hydrogen-bond donors (Lipinski definition) is 2. The molecule has 0 spiro atoms. The largest absolute Gasteiger partial charge is 1.00 e. The molecule has 10 heavy (non-hydrogen) atoms. The van der Waals surface area contributed by atoms with Crippen molar-refractivity contribution in [3.63, 3.8) is 0 Å². The van der Waals surface area contributed by atoms with E-state index < -0.39 is 0 Å². The minimum atomic E-state index is 0. The first-order chi connectivity index (χ1) is 3.79. The molecule has 1 aromatic rings. The Labute approximate surface area is 112 Å². The van der Waals surface area contributed by atoms with E-state index in [4.69, 9.17) is 10.2 Å². The number of halogens is 1. The molecule has 0 heterocycles. The SMILES string of the molecule is Oc1cccc(O)c1.[Br-].[K+]. The summed E-state index contributed by atoms with van der Waals surface area (Å²) >= 11 is 0. The second-order valence-corrected chi connectivity index (χ2v) is 1.52. The summed E-state index contributed by atoms with van der Waals surface area (Å²) in [6.45, 7) is 0. The average molecular weight is 229 g/mol. The minimum absolute atomic E-state index is 0. The number of hydrogen-bond acceptors (Lipinski definition) is 2. The monoisotopic (exact) mass is 228 g/mol. The molecule has 1 rings (SSSR count). The fraction of sp³-hybridized carbons (Fsp3) is 0. The van der Waals surface area contributed by atoms with Crippen molar-refractivity contribution < 1.29 is 78.6 Å². The first-order valence-electron chi connectivity index (χ1n) is 2.27. The molecular formula is C6H6BrKO2. The number of rotatable bonds is 0. The van der Waals surface area contributed by atoms with Gasteiger partial charge in [-0.3, -0.25) is 0 Å². The van der Waals surface area contributed by atoms with Crippen LogP contribution in [0.4, 0.5) is 0 Å². The maximum absolute atomic E-state index is 8.65. The van der Waals surface area contributed by atoms with Crippen molar-refractivity contribution in [2.75, 3.05) is 0 Å². The molecule has 0 unspecified atom stereocenters. The summed E-state index contributed by atoms with van der Waals surface area (Å²) in [4.78, 5) is 0. The molecule has 0 bridgehead atoms. The molecule has 4 heteroatoms. The molecule has 50 valence electrons. The Hall–Kier alpha value is 0.936. The standard InChI is InChI=1S/C6H6O2.BrH.K/c7-5-2-1-3-6(8)4-5;;/h1-4,7-8H;1H;/q;;+1/p-1. The third kappa shape index (κ3) is 4.71. The van der Waals surface area contributed by atoms with Gasteiger partial charge in [-0.2, -0.15) is 0 Å². The van der Waals surface area contributed by atoms with E-state index in [-0.39, 0.29) is 79.9 Å². The molecule has 2 N–H and O–H groups in total. The fourth-order valence-electron chi connectivity index (χ4n) is 0.493. The third-order valence-electron chi connectivity index (χ3n) is 0.830. The van der Waals surface area contributed by atoms with Crippen LogP contribution in [0.3, 0.4) is 0 Å². The average Bonchev–Trinajstić information content (AvgIpc) is 1.64. The Kier molecular flexibility index (Phi) is 8.97. The molecule has 0 fully saturated rings. The molecule has 1 aromatic carbocycles. The Morgan fingerprint density at radius 2 is 1.40 bits per heavy atom. The van der Waals surface area contributed by atoms with Gasteiger partial charge in [-0.25, -0.2) is 0 Å². The molecule has 0 saturated heterocycles. The summed E-state index contributed by atoms with van der Waals surface area (Å²) in [5.41, 5.74) is 0. The molecule has 0 saturated carbocycles. The van der Waals surface area contributed by atoms with Crippen LogP contribution in [0.25, 0.3) is 0 Å². The van der Waals surface area contributed by atoms with Gasteiger partial charge in [0.2, 0.25) is 0 Å². The summed E-state index contributed by atoms with van der Waals surface area (Å²) in [6.07, 6.45) is 0. The molecule has 0 radical (unpaired) electrons. The van der Waals surface area contributed by atoms with Crippen molar-refractivity contribution in [2.45, 2.75) is 0 Å². The van der Waals surface area contributed by atoms with Crippen LogP contribution in [0.5, 0.6) is 11.5 Å². The Morgan fingerprint density at radius 1 is 1.00 bits per heavy atom. The third-order valence-corrected chi connectivity index (χ3v) is 0.830. The van der Waals surface area contributed by atoms with Crippen molar-refractivity contribution in [1.29, 1.82) is 0 Å². The zero-order valence-corrected chi connectivity index (χ0v) is 10.3. The summed E-state index contributed by atoms with van der Waals surface area (Å²) in [7, 11) is 0. The number of phenols is 2. The van der Waals surface area contributed by atoms with E-state index in [0.29, 0.717) is 0 Å². The summed E-state index contributed by atoms with van der Waals surface area (Å²) in [6, 6.07) is 5.85. The predicted octanol–water partition coefficient (Wildman–Crippen LogP) is -4.89. The summed E-state index contributed by atoms with van der Waals surface area (Å²) in [5.74, 6) is 0.176. The van der Waals surface area contributed by atoms with E-state index in [1.807, 2.05) is 0 Å². The minimum Gasteiger partial charge on any atom is -1.00 e. The van der Waals surface area contributed by atoms with Crippen LogP contribution < -0.4 is 68.4 Å². The summed E-state index contributed by atoms with van der Waals surface area (Å²) < 4.78 is 0. The smallest absolute Gasteiger partial charge is 1.00 e. The fourth-order valence-corrected chi connectivity index (χ4v) is 0.493. The van der Waals surface area contributed by atoms with E-state index in [1.54, 1.807) is 6.07 Å². The van der Waals surface area contributed by atoms with Crippen molar-refractivity contribution >= 4 is 0 Å². The van der Waals surface area contributed by atoms with Crippen LogP contribution >= 0.6 is 0 Å². The predicted molar refractivity (Wildman–Crippen MR) is 29.8 cm³/mol. The molecular weight excluding hydrogens is 223 g/mol. The zero-order valence-electron chi connectivity index (χ0n) is 5.58. The van der Waals surface area contributed by atoms with Crippen molar-refractivity contribution in [2.24, 2.45) is 0 Å². The topological polar surface area (TPSA) is 40.5 Å². The van der Waals surface area contributed by atoms with Crippen LogP contribution in [0.15, 0.2) is 24.3 Å². The van der Waals surface area contributed by atoms with Gasteiger partial charge in [0.15, 0.2) is 0 Å². The number of aromatic hydroxyl groups is 2. The first-order valence-corrected chi connectivity index (χ1v) is 2.27. The molecule has 0 aliphatic heterocycles. The number of benzene rings is 1. The van der Waals surface area contributed by atoms with Gasteiger partial charge in [0.1, 0.15) is 11.5 Å². The molecule has 2 nitrogen and oxygen atoms in total.